The standard InChI is InChI=1S/C13H12F3NO2/c14-13(15,16)9-6-8(7-17)4-5-11(9)19-12-3-1-2-10(12)18/h4-6,10,12,18H,1-3H2. The van der Waals surface area contributed by atoms with Crippen molar-refractivity contribution in [1.82, 2.24) is 0 Å². The van der Waals surface area contributed by atoms with E-state index >= 15 is 0 Å². The Kier molecular flexibility index (Phi) is 3.67. The SMILES string of the molecule is N#Cc1ccc(OC2CCCC2O)c(C(F)(F)F)c1. The molecule has 0 amide bonds. The normalized spacial score (nSPS) is 23.1. The fourth-order valence-corrected chi connectivity index (χ4v) is 2.13. The van der Waals surface area contributed by atoms with Crippen molar-refractivity contribution in [2.45, 2.75) is 37.6 Å². The fraction of sp³-hybridized carbons (Fsp3) is 0.462. The average molecular weight is 271 g/mol. The molecule has 1 aromatic rings. The zero-order valence-electron chi connectivity index (χ0n) is 9.94. The largest absolute Gasteiger partial charge is 0.487 e. The van der Waals surface area contributed by atoms with E-state index in [-0.39, 0.29) is 11.3 Å². The molecule has 0 radical (unpaired) electrons. The van der Waals surface area contributed by atoms with Crippen molar-refractivity contribution in [3.63, 3.8) is 0 Å². The first-order valence-corrected chi connectivity index (χ1v) is 5.88. The lowest BCUT2D eigenvalue weighted by atomic mass is 10.1. The van der Waals surface area contributed by atoms with Crippen LogP contribution in [-0.4, -0.2) is 17.3 Å². The van der Waals surface area contributed by atoms with Gasteiger partial charge >= 0.3 is 6.18 Å². The van der Waals surface area contributed by atoms with Crippen LogP contribution in [0.3, 0.4) is 0 Å². The minimum atomic E-state index is -4.59. The number of nitriles is 1. The summed E-state index contributed by atoms with van der Waals surface area (Å²) in [5.41, 5.74) is -1.06. The predicted molar refractivity (Wildman–Crippen MR) is 60.4 cm³/mol. The van der Waals surface area contributed by atoms with Gasteiger partial charge in [0.1, 0.15) is 11.9 Å². The van der Waals surface area contributed by atoms with Crippen LogP contribution in [0.5, 0.6) is 5.75 Å². The van der Waals surface area contributed by atoms with Gasteiger partial charge in [0.25, 0.3) is 0 Å². The van der Waals surface area contributed by atoms with Gasteiger partial charge in [-0.2, -0.15) is 18.4 Å². The van der Waals surface area contributed by atoms with Crippen molar-refractivity contribution in [1.29, 1.82) is 5.26 Å². The van der Waals surface area contributed by atoms with Gasteiger partial charge in [-0.15, -0.1) is 0 Å². The summed E-state index contributed by atoms with van der Waals surface area (Å²) in [7, 11) is 0. The highest BCUT2D eigenvalue weighted by Crippen LogP contribution is 2.38. The molecule has 19 heavy (non-hydrogen) atoms. The number of benzene rings is 1. The van der Waals surface area contributed by atoms with Crippen LogP contribution < -0.4 is 4.74 Å². The number of ether oxygens (including phenoxy) is 1. The number of hydrogen-bond acceptors (Lipinski definition) is 3. The Morgan fingerprint density at radius 2 is 2.05 bits per heavy atom. The van der Waals surface area contributed by atoms with Gasteiger partial charge in [-0.1, -0.05) is 0 Å². The lowest BCUT2D eigenvalue weighted by Gasteiger charge is -2.20. The van der Waals surface area contributed by atoms with Crippen molar-refractivity contribution in [3.05, 3.63) is 29.3 Å². The quantitative estimate of drug-likeness (QED) is 0.899. The molecule has 1 aliphatic carbocycles. The molecule has 0 bridgehead atoms. The van der Waals surface area contributed by atoms with Crippen LogP contribution in [0.15, 0.2) is 18.2 Å². The van der Waals surface area contributed by atoms with E-state index in [0.29, 0.717) is 12.8 Å². The summed E-state index contributed by atoms with van der Waals surface area (Å²) >= 11 is 0. The molecule has 6 heteroatoms. The fourth-order valence-electron chi connectivity index (χ4n) is 2.13. The summed E-state index contributed by atoms with van der Waals surface area (Å²) in [6, 6.07) is 4.83. The van der Waals surface area contributed by atoms with Crippen molar-refractivity contribution < 1.29 is 23.0 Å². The first kappa shape index (κ1) is 13.7. The first-order valence-electron chi connectivity index (χ1n) is 5.88. The molecule has 2 unspecified atom stereocenters. The Balaban J connectivity index is 2.32. The second-order valence-electron chi connectivity index (χ2n) is 4.48. The Hall–Kier alpha value is -1.74. The Bertz CT molecular complexity index is 508. The van der Waals surface area contributed by atoms with Gasteiger partial charge in [0, 0.05) is 0 Å². The molecule has 2 atom stereocenters. The second-order valence-corrected chi connectivity index (χ2v) is 4.48. The first-order chi connectivity index (χ1) is 8.91. The number of rotatable bonds is 2. The van der Waals surface area contributed by atoms with Gasteiger partial charge < -0.3 is 9.84 Å². The van der Waals surface area contributed by atoms with Gasteiger partial charge in [-0.25, -0.2) is 0 Å². The molecule has 0 aromatic heterocycles. The van der Waals surface area contributed by atoms with Gasteiger partial charge in [0.2, 0.25) is 0 Å². The molecule has 1 aliphatic rings. The van der Waals surface area contributed by atoms with Gasteiger partial charge in [-0.05, 0) is 37.5 Å². The van der Waals surface area contributed by atoms with Crippen LogP contribution in [0.25, 0.3) is 0 Å². The number of halogens is 3. The third kappa shape index (κ3) is 2.99. The van der Waals surface area contributed by atoms with E-state index < -0.39 is 23.9 Å². The molecular formula is C13H12F3NO2. The summed E-state index contributed by atoms with van der Waals surface area (Å²) in [6.07, 6.45) is -4.17. The molecule has 102 valence electrons. The highest BCUT2D eigenvalue weighted by atomic mass is 19.4. The molecule has 3 nitrogen and oxygen atoms in total. The van der Waals surface area contributed by atoms with Crippen LogP contribution in [-0.2, 0) is 6.18 Å². The van der Waals surface area contributed by atoms with E-state index in [2.05, 4.69) is 0 Å². The average Bonchev–Trinajstić information content (AvgIpc) is 2.74. The van der Waals surface area contributed by atoms with Crippen LogP contribution in [0, 0.1) is 11.3 Å². The third-order valence-corrected chi connectivity index (χ3v) is 3.11. The van der Waals surface area contributed by atoms with Gasteiger partial charge in [0.05, 0.1) is 23.3 Å². The molecular weight excluding hydrogens is 259 g/mol. The van der Waals surface area contributed by atoms with Gasteiger partial charge in [0.15, 0.2) is 0 Å². The maximum Gasteiger partial charge on any atom is 0.420 e. The molecule has 0 heterocycles. The number of alkyl halides is 3. The van der Waals surface area contributed by atoms with Crippen molar-refractivity contribution in [2.75, 3.05) is 0 Å². The maximum atomic E-state index is 12.9. The van der Waals surface area contributed by atoms with Crippen LogP contribution >= 0.6 is 0 Å². The molecule has 2 rings (SSSR count). The minimum Gasteiger partial charge on any atom is -0.487 e. The third-order valence-electron chi connectivity index (χ3n) is 3.11. The molecule has 0 aliphatic heterocycles. The Morgan fingerprint density at radius 3 is 2.58 bits per heavy atom. The Morgan fingerprint density at radius 1 is 1.32 bits per heavy atom. The lowest BCUT2D eigenvalue weighted by Crippen LogP contribution is -2.26. The van der Waals surface area contributed by atoms with E-state index in [9.17, 15) is 18.3 Å². The summed E-state index contributed by atoms with van der Waals surface area (Å²) < 4.78 is 43.9. The number of aliphatic hydroxyl groups is 1. The monoisotopic (exact) mass is 271 g/mol. The van der Waals surface area contributed by atoms with E-state index in [1.54, 1.807) is 6.07 Å². The number of hydrogen-bond donors (Lipinski definition) is 1. The minimum absolute atomic E-state index is 0.0772. The maximum absolute atomic E-state index is 12.9. The van der Waals surface area contributed by atoms with Crippen LogP contribution in [0.2, 0.25) is 0 Å². The lowest BCUT2D eigenvalue weighted by molar-refractivity contribution is -0.139. The zero-order valence-corrected chi connectivity index (χ0v) is 9.94. The molecule has 1 saturated carbocycles. The number of nitrogens with zero attached hydrogens (tertiary/aromatic N) is 1. The zero-order chi connectivity index (χ0) is 14.0. The smallest absolute Gasteiger partial charge is 0.420 e. The van der Waals surface area contributed by atoms with Crippen molar-refractivity contribution in [3.8, 4) is 11.8 Å². The molecule has 0 saturated heterocycles. The molecule has 1 aromatic carbocycles. The molecule has 1 fully saturated rings. The summed E-state index contributed by atoms with van der Waals surface area (Å²) in [5, 5.41) is 18.2. The summed E-state index contributed by atoms with van der Waals surface area (Å²) in [5.74, 6) is -0.336. The predicted octanol–water partition coefficient (Wildman–Crippen LogP) is 2.87. The summed E-state index contributed by atoms with van der Waals surface area (Å²) in [6.45, 7) is 0. The number of aliphatic hydroxyl groups excluding tert-OH is 1. The molecule has 1 N–H and O–H groups in total. The van der Waals surface area contributed by atoms with E-state index in [0.717, 1.165) is 18.6 Å². The van der Waals surface area contributed by atoms with Crippen LogP contribution in [0.4, 0.5) is 13.2 Å². The highest BCUT2D eigenvalue weighted by molar-refractivity contribution is 5.43. The van der Waals surface area contributed by atoms with Crippen molar-refractivity contribution >= 4 is 0 Å². The second kappa shape index (κ2) is 5.10. The van der Waals surface area contributed by atoms with Crippen molar-refractivity contribution in [2.24, 2.45) is 0 Å². The highest BCUT2D eigenvalue weighted by Gasteiger charge is 2.36. The molecule has 0 spiro atoms. The van der Waals surface area contributed by atoms with Gasteiger partial charge in [-0.3, -0.25) is 0 Å². The van der Waals surface area contributed by atoms with E-state index in [4.69, 9.17) is 10.00 Å². The Labute approximate surface area is 108 Å². The topological polar surface area (TPSA) is 53.2 Å². The van der Waals surface area contributed by atoms with E-state index in [1.165, 1.54) is 6.07 Å². The summed E-state index contributed by atoms with van der Waals surface area (Å²) in [4.78, 5) is 0. The van der Waals surface area contributed by atoms with E-state index in [1.807, 2.05) is 0 Å². The van der Waals surface area contributed by atoms with Crippen LogP contribution in [0.1, 0.15) is 30.4 Å².